The van der Waals surface area contributed by atoms with Crippen molar-refractivity contribution in [2.75, 3.05) is 32.8 Å². The molecule has 0 radical (unpaired) electrons. The van der Waals surface area contributed by atoms with E-state index in [2.05, 4.69) is 0 Å². The number of rotatable bonds is 4. The van der Waals surface area contributed by atoms with Gasteiger partial charge in [0.2, 0.25) is 15.9 Å². The smallest absolute Gasteiger partial charge is 0.246 e. The van der Waals surface area contributed by atoms with Crippen molar-refractivity contribution >= 4 is 33.6 Å². The maximum Gasteiger partial charge on any atom is 0.246 e. The molecule has 0 N–H and O–H groups in total. The lowest BCUT2D eigenvalue weighted by atomic mass is 10.1. The lowest BCUT2D eigenvalue weighted by molar-refractivity contribution is -0.125. The first-order valence-electron chi connectivity index (χ1n) is 10.2. The third-order valence-corrected chi connectivity index (χ3v) is 7.51. The largest absolute Gasteiger partial charge is 0.488 e. The predicted molar refractivity (Wildman–Crippen MR) is 120 cm³/mol. The summed E-state index contributed by atoms with van der Waals surface area (Å²) in [6.45, 7) is 1.55. The number of carbonyl (C=O) groups excluding carboxylic acids is 1. The van der Waals surface area contributed by atoms with E-state index in [4.69, 9.17) is 16.3 Å². The van der Waals surface area contributed by atoms with Crippen LogP contribution in [0.2, 0.25) is 5.02 Å². The number of halogens is 2. The summed E-state index contributed by atoms with van der Waals surface area (Å²) in [4.78, 5) is 14.4. The Kier molecular flexibility index (Phi) is 6.64. The van der Waals surface area contributed by atoms with Crippen molar-refractivity contribution in [2.45, 2.75) is 11.3 Å². The Balaban J connectivity index is 1.40. The van der Waals surface area contributed by atoms with E-state index in [0.717, 1.165) is 29.0 Å². The third kappa shape index (κ3) is 5.03. The summed E-state index contributed by atoms with van der Waals surface area (Å²) >= 11 is 6.03. The van der Waals surface area contributed by atoms with Crippen molar-refractivity contribution in [1.29, 1.82) is 0 Å². The zero-order valence-electron chi connectivity index (χ0n) is 17.2. The molecule has 0 aromatic heterocycles. The summed E-state index contributed by atoms with van der Waals surface area (Å²) in [5, 5.41) is 0.606. The number of benzene rings is 2. The van der Waals surface area contributed by atoms with Crippen LogP contribution in [0, 0.1) is 5.82 Å². The van der Waals surface area contributed by atoms with Gasteiger partial charge < -0.3 is 9.64 Å². The number of hydrogen-bond donors (Lipinski definition) is 0. The summed E-state index contributed by atoms with van der Waals surface area (Å²) in [6.07, 6.45) is 5.63. The number of sulfonamides is 1. The van der Waals surface area contributed by atoms with Crippen molar-refractivity contribution in [3.63, 3.8) is 0 Å². The van der Waals surface area contributed by atoms with Crippen LogP contribution >= 0.6 is 11.6 Å². The molecule has 1 amide bonds. The Morgan fingerprint density at radius 2 is 1.84 bits per heavy atom. The summed E-state index contributed by atoms with van der Waals surface area (Å²) in [5.41, 5.74) is 1.69. The highest BCUT2D eigenvalue weighted by molar-refractivity contribution is 7.89. The minimum Gasteiger partial charge on any atom is -0.488 e. The van der Waals surface area contributed by atoms with E-state index < -0.39 is 15.8 Å². The van der Waals surface area contributed by atoms with Crippen molar-refractivity contribution in [2.24, 2.45) is 0 Å². The highest BCUT2D eigenvalue weighted by Crippen LogP contribution is 2.29. The van der Waals surface area contributed by atoms with Gasteiger partial charge >= 0.3 is 0 Å². The summed E-state index contributed by atoms with van der Waals surface area (Å²) < 4.78 is 45.9. The maximum atomic E-state index is 13.1. The van der Waals surface area contributed by atoms with Crippen LogP contribution in [0.4, 0.5) is 4.39 Å². The Morgan fingerprint density at radius 3 is 2.62 bits per heavy atom. The molecule has 0 unspecified atom stereocenters. The lowest BCUT2D eigenvalue weighted by Crippen LogP contribution is -2.36. The molecule has 2 aromatic rings. The highest BCUT2D eigenvalue weighted by atomic mass is 35.5. The molecule has 0 saturated carbocycles. The summed E-state index contributed by atoms with van der Waals surface area (Å²) in [7, 11) is -3.74. The van der Waals surface area contributed by atoms with Gasteiger partial charge in [0.25, 0.3) is 0 Å². The summed E-state index contributed by atoms with van der Waals surface area (Å²) in [6, 6.07) is 10.1. The molecule has 168 valence electrons. The first-order valence-corrected chi connectivity index (χ1v) is 12.0. The molecule has 1 saturated heterocycles. The van der Waals surface area contributed by atoms with E-state index in [-0.39, 0.29) is 23.9 Å². The van der Waals surface area contributed by atoms with E-state index >= 15 is 0 Å². The van der Waals surface area contributed by atoms with Crippen LogP contribution in [0.5, 0.6) is 5.75 Å². The van der Waals surface area contributed by atoms with Crippen LogP contribution in [-0.4, -0.2) is 56.3 Å². The molecule has 6 nitrogen and oxygen atoms in total. The fraction of sp³-hybridized carbons (Fsp3) is 0.261. The van der Waals surface area contributed by atoms with Gasteiger partial charge in [-0.1, -0.05) is 17.7 Å². The zero-order chi connectivity index (χ0) is 22.7. The fourth-order valence-electron chi connectivity index (χ4n) is 3.66. The van der Waals surface area contributed by atoms with Crippen molar-refractivity contribution < 1.29 is 22.3 Å². The van der Waals surface area contributed by atoms with Gasteiger partial charge in [-0.3, -0.25) is 4.79 Å². The Bertz CT molecular complexity index is 1180. The van der Waals surface area contributed by atoms with Crippen LogP contribution in [0.1, 0.15) is 12.0 Å². The molecule has 1 fully saturated rings. The van der Waals surface area contributed by atoms with Gasteiger partial charge in [-0.25, -0.2) is 12.8 Å². The zero-order valence-corrected chi connectivity index (χ0v) is 18.8. The molecule has 0 atom stereocenters. The van der Waals surface area contributed by atoms with Gasteiger partial charge in [-0.2, -0.15) is 4.31 Å². The molecule has 2 aromatic carbocycles. The van der Waals surface area contributed by atoms with Crippen LogP contribution in [0.3, 0.4) is 0 Å². The molecule has 32 heavy (non-hydrogen) atoms. The van der Waals surface area contributed by atoms with Crippen LogP contribution in [0.25, 0.3) is 6.08 Å². The molecular formula is C23H22ClFN2O4S. The van der Waals surface area contributed by atoms with E-state index in [0.29, 0.717) is 31.1 Å². The highest BCUT2D eigenvalue weighted by Gasteiger charge is 2.27. The molecule has 2 heterocycles. The number of fused-ring (bicyclic) bond motifs is 1. The monoisotopic (exact) mass is 476 g/mol. The standard InChI is InChI=1S/C23H22ClFN2O4S/c24-19-3-8-22-18(15-19)14-17(16-31-22)2-9-23(28)26-10-1-11-27(13-12-26)32(29,30)21-6-4-20(25)5-7-21/h2-9,14-15H,1,10-13,16H2/b9-2+. The first kappa shape index (κ1) is 22.5. The van der Waals surface area contributed by atoms with E-state index in [1.807, 2.05) is 12.1 Å². The molecule has 0 aliphatic carbocycles. The van der Waals surface area contributed by atoms with Gasteiger partial charge in [0.1, 0.15) is 18.2 Å². The average molecular weight is 477 g/mol. The number of ether oxygens (including phenoxy) is 1. The van der Waals surface area contributed by atoms with E-state index in [9.17, 15) is 17.6 Å². The Morgan fingerprint density at radius 1 is 1.06 bits per heavy atom. The van der Waals surface area contributed by atoms with E-state index in [1.54, 1.807) is 23.1 Å². The van der Waals surface area contributed by atoms with Gasteiger partial charge in [0, 0.05) is 42.8 Å². The van der Waals surface area contributed by atoms with Crippen molar-refractivity contribution in [1.82, 2.24) is 9.21 Å². The second kappa shape index (κ2) is 9.44. The van der Waals surface area contributed by atoms with Crippen molar-refractivity contribution in [3.05, 3.63) is 76.6 Å². The minimum absolute atomic E-state index is 0.0446. The van der Waals surface area contributed by atoms with Crippen LogP contribution in [0.15, 0.2) is 65.1 Å². The van der Waals surface area contributed by atoms with Crippen LogP contribution in [-0.2, 0) is 14.8 Å². The lowest BCUT2D eigenvalue weighted by Gasteiger charge is -2.21. The number of carbonyl (C=O) groups is 1. The second-order valence-corrected chi connectivity index (χ2v) is 9.93. The number of hydrogen-bond acceptors (Lipinski definition) is 4. The number of nitrogens with zero attached hydrogens (tertiary/aromatic N) is 2. The normalized spacial score (nSPS) is 17.4. The predicted octanol–water partition coefficient (Wildman–Crippen LogP) is 3.73. The summed E-state index contributed by atoms with van der Waals surface area (Å²) in [5.74, 6) is 0.0603. The first-order chi connectivity index (χ1) is 15.3. The topological polar surface area (TPSA) is 66.9 Å². The molecular weight excluding hydrogens is 455 g/mol. The minimum atomic E-state index is -3.74. The second-order valence-electron chi connectivity index (χ2n) is 7.56. The molecule has 0 spiro atoms. The Hall–Kier alpha value is -2.68. The van der Waals surface area contributed by atoms with Gasteiger partial charge in [0.05, 0.1) is 4.90 Å². The fourth-order valence-corrected chi connectivity index (χ4v) is 5.31. The van der Waals surface area contributed by atoms with Crippen LogP contribution < -0.4 is 4.74 Å². The number of amides is 1. The molecule has 4 rings (SSSR count). The third-order valence-electron chi connectivity index (χ3n) is 5.37. The molecule has 0 bridgehead atoms. The molecule has 2 aliphatic rings. The van der Waals surface area contributed by atoms with Gasteiger partial charge in [-0.15, -0.1) is 0 Å². The SMILES string of the molecule is O=C(/C=C/C1=Cc2cc(Cl)ccc2OC1)N1CCCN(S(=O)(=O)c2ccc(F)cc2)CC1. The quantitative estimate of drug-likeness (QED) is 0.630. The van der Waals surface area contributed by atoms with Gasteiger partial charge in [-0.05, 0) is 60.5 Å². The molecule has 9 heteroatoms. The maximum absolute atomic E-state index is 13.1. The van der Waals surface area contributed by atoms with Gasteiger partial charge in [0.15, 0.2) is 0 Å². The Labute approximate surface area is 191 Å². The van der Waals surface area contributed by atoms with Crippen molar-refractivity contribution in [3.8, 4) is 5.75 Å². The molecule has 2 aliphatic heterocycles. The average Bonchev–Trinajstić information content (AvgIpc) is 3.04. The van der Waals surface area contributed by atoms with E-state index in [1.165, 1.54) is 22.5 Å².